The van der Waals surface area contributed by atoms with Gasteiger partial charge in [-0.15, -0.1) is 6.58 Å². The third-order valence-corrected chi connectivity index (χ3v) is 1.76. The molecule has 1 N–H and O–H groups in total. The second kappa shape index (κ2) is 4.87. The van der Waals surface area contributed by atoms with Crippen LogP contribution in [0.5, 0.6) is 0 Å². The normalized spacial score (nSPS) is 15.5. The average molecular weight is 235 g/mol. The van der Waals surface area contributed by atoms with Crippen LogP contribution < -0.4 is 5.32 Å². The van der Waals surface area contributed by atoms with Gasteiger partial charge < -0.3 is 5.32 Å². The molecule has 0 aromatic carbocycles. The SMILES string of the molecule is C=CC(NCC)C(C(F)(F)F)C(F)(F)F. The summed E-state index contributed by atoms with van der Waals surface area (Å²) in [7, 11) is 0. The van der Waals surface area contributed by atoms with Crippen molar-refractivity contribution in [2.45, 2.75) is 25.3 Å². The quantitative estimate of drug-likeness (QED) is 0.583. The van der Waals surface area contributed by atoms with E-state index in [-0.39, 0.29) is 6.54 Å². The predicted octanol–water partition coefficient (Wildman–Crippen LogP) is 2.89. The molecule has 0 spiro atoms. The van der Waals surface area contributed by atoms with Gasteiger partial charge in [-0.3, -0.25) is 0 Å². The first-order valence-electron chi connectivity index (χ1n) is 4.14. The maximum absolute atomic E-state index is 12.2. The minimum atomic E-state index is -5.33. The van der Waals surface area contributed by atoms with Crippen molar-refractivity contribution in [2.24, 2.45) is 5.92 Å². The van der Waals surface area contributed by atoms with Gasteiger partial charge in [0.2, 0.25) is 0 Å². The molecule has 0 aliphatic heterocycles. The standard InChI is InChI=1S/C8H11F6N/c1-3-5(15-4-2)6(7(9,10)11)8(12,13)14/h3,5-6,15H,1,4H2,2H3. The van der Waals surface area contributed by atoms with Crippen molar-refractivity contribution in [3.05, 3.63) is 12.7 Å². The number of likely N-dealkylation sites (N-methyl/N-ethyl adjacent to an activating group) is 1. The van der Waals surface area contributed by atoms with Gasteiger partial charge in [-0.25, -0.2) is 0 Å². The van der Waals surface area contributed by atoms with Crippen LogP contribution in [0.2, 0.25) is 0 Å². The van der Waals surface area contributed by atoms with Crippen LogP contribution in [0, 0.1) is 5.92 Å². The Kier molecular flexibility index (Phi) is 4.64. The third kappa shape index (κ3) is 4.11. The van der Waals surface area contributed by atoms with E-state index in [0.29, 0.717) is 6.08 Å². The third-order valence-electron chi connectivity index (χ3n) is 1.76. The molecule has 0 saturated heterocycles. The predicted molar refractivity (Wildman–Crippen MR) is 43.3 cm³/mol. The number of halogens is 6. The van der Waals surface area contributed by atoms with E-state index in [0.717, 1.165) is 0 Å². The monoisotopic (exact) mass is 235 g/mol. The van der Waals surface area contributed by atoms with Gasteiger partial charge >= 0.3 is 12.4 Å². The van der Waals surface area contributed by atoms with Crippen LogP contribution in [-0.4, -0.2) is 24.9 Å². The van der Waals surface area contributed by atoms with Crippen LogP contribution >= 0.6 is 0 Å². The van der Waals surface area contributed by atoms with Gasteiger partial charge in [-0.2, -0.15) is 26.3 Å². The molecule has 0 radical (unpaired) electrons. The second-order valence-electron chi connectivity index (χ2n) is 2.88. The van der Waals surface area contributed by atoms with Gasteiger partial charge in [-0.05, 0) is 6.54 Å². The summed E-state index contributed by atoms with van der Waals surface area (Å²) in [4.78, 5) is 0. The molecular weight excluding hydrogens is 224 g/mol. The summed E-state index contributed by atoms with van der Waals surface area (Å²) in [6, 6.07) is -1.85. The Morgan fingerprint density at radius 3 is 1.73 bits per heavy atom. The summed E-state index contributed by atoms with van der Waals surface area (Å²) in [5.41, 5.74) is 0. The molecule has 0 saturated carbocycles. The first-order valence-corrected chi connectivity index (χ1v) is 4.14. The van der Waals surface area contributed by atoms with E-state index in [1.54, 1.807) is 0 Å². The number of rotatable bonds is 4. The topological polar surface area (TPSA) is 12.0 Å². The van der Waals surface area contributed by atoms with E-state index >= 15 is 0 Å². The minimum Gasteiger partial charge on any atom is -0.310 e. The fraction of sp³-hybridized carbons (Fsp3) is 0.750. The molecule has 1 atom stereocenters. The largest absolute Gasteiger partial charge is 0.402 e. The lowest BCUT2D eigenvalue weighted by molar-refractivity contribution is -0.288. The van der Waals surface area contributed by atoms with Gasteiger partial charge in [0.15, 0.2) is 5.92 Å². The van der Waals surface area contributed by atoms with Crippen LogP contribution in [0.25, 0.3) is 0 Å². The summed E-state index contributed by atoms with van der Waals surface area (Å²) >= 11 is 0. The Balaban J connectivity index is 5.00. The van der Waals surface area contributed by atoms with Crippen molar-refractivity contribution in [3.63, 3.8) is 0 Å². The maximum atomic E-state index is 12.2. The zero-order chi connectivity index (χ0) is 12.3. The lowest BCUT2D eigenvalue weighted by atomic mass is 9.98. The van der Waals surface area contributed by atoms with E-state index in [1.165, 1.54) is 6.92 Å². The fourth-order valence-corrected chi connectivity index (χ4v) is 1.17. The highest BCUT2D eigenvalue weighted by molar-refractivity contribution is 4.97. The fourth-order valence-electron chi connectivity index (χ4n) is 1.17. The minimum absolute atomic E-state index is 0.000648. The van der Waals surface area contributed by atoms with E-state index < -0.39 is 24.3 Å². The number of hydrogen-bond acceptors (Lipinski definition) is 1. The Labute approximate surface area is 83.1 Å². The Hall–Kier alpha value is -0.720. The molecule has 0 fully saturated rings. The van der Waals surface area contributed by atoms with Crippen molar-refractivity contribution in [3.8, 4) is 0 Å². The summed E-state index contributed by atoms with van der Waals surface area (Å²) < 4.78 is 73.0. The van der Waals surface area contributed by atoms with E-state index in [2.05, 4.69) is 11.9 Å². The lowest BCUT2D eigenvalue weighted by Crippen LogP contribution is -2.50. The van der Waals surface area contributed by atoms with Crippen LogP contribution in [0.1, 0.15) is 6.92 Å². The van der Waals surface area contributed by atoms with Crippen molar-refractivity contribution in [1.82, 2.24) is 5.32 Å². The van der Waals surface area contributed by atoms with E-state index in [9.17, 15) is 26.3 Å². The molecule has 7 heteroatoms. The molecule has 0 aromatic heterocycles. The van der Waals surface area contributed by atoms with E-state index in [1.807, 2.05) is 0 Å². The first kappa shape index (κ1) is 14.3. The molecule has 0 aliphatic rings. The summed E-state index contributed by atoms with van der Waals surface area (Å²) in [5.74, 6) is -3.41. The smallest absolute Gasteiger partial charge is 0.310 e. The molecule has 0 heterocycles. The number of nitrogens with one attached hydrogen (secondary N) is 1. The van der Waals surface area contributed by atoms with E-state index in [4.69, 9.17) is 0 Å². The molecule has 1 unspecified atom stereocenters. The highest BCUT2D eigenvalue weighted by Crippen LogP contribution is 2.41. The lowest BCUT2D eigenvalue weighted by Gasteiger charge is -2.29. The van der Waals surface area contributed by atoms with Gasteiger partial charge in [0.05, 0.1) is 0 Å². The van der Waals surface area contributed by atoms with Crippen molar-refractivity contribution in [1.29, 1.82) is 0 Å². The molecule has 0 aliphatic carbocycles. The number of hydrogen-bond donors (Lipinski definition) is 1. The van der Waals surface area contributed by atoms with Gasteiger partial charge in [0.25, 0.3) is 0 Å². The first-order chi connectivity index (χ1) is 6.64. The highest BCUT2D eigenvalue weighted by Gasteiger charge is 2.59. The molecule has 0 aromatic rings. The van der Waals surface area contributed by atoms with Crippen LogP contribution in [0.15, 0.2) is 12.7 Å². The van der Waals surface area contributed by atoms with Gasteiger partial charge in [0, 0.05) is 6.04 Å². The van der Waals surface area contributed by atoms with Crippen LogP contribution in [-0.2, 0) is 0 Å². The summed E-state index contributed by atoms with van der Waals surface area (Å²) in [5, 5.41) is 2.09. The van der Waals surface area contributed by atoms with Crippen molar-refractivity contribution >= 4 is 0 Å². The molecule has 90 valence electrons. The molecule has 0 amide bonds. The van der Waals surface area contributed by atoms with Crippen LogP contribution in [0.4, 0.5) is 26.3 Å². The van der Waals surface area contributed by atoms with Gasteiger partial charge in [-0.1, -0.05) is 13.0 Å². The van der Waals surface area contributed by atoms with Crippen molar-refractivity contribution in [2.75, 3.05) is 6.54 Å². The molecule has 1 nitrogen and oxygen atoms in total. The molecular formula is C8H11F6N. The zero-order valence-corrected chi connectivity index (χ0v) is 7.91. The zero-order valence-electron chi connectivity index (χ0n) is 7.91. The number of alkyl halides is 6. The van der Waals surface area contributed by atoms with Crippen molar-refractivity contribution < 1.29 is 26.3 Å². The molecule has 0 bridgehead atoms. The summed E-state index contributed by atoms with van der Waals surface area (Å²) in [6.07, 6.45) is -10.0. The average Bonchev–Trinajstić information content (AvgIpc) is 1.98. The second-order valence-corrected chi connectivity index (χ2v) is 2.88. The maximum Gasteiger partial charge on any atom is 0.402 e. The Bertz CT molecular complexity index is 192. The molecule has 15 heavy (non-hydrogen) atoms. The Morgan fingerprint density at radius 1 is 1.13 bits per heavy atom. The van der Waals surface area contributed by atoms with Gasteiger partial charge in [0.1, 0.15) is 0 Å². The summed E-state index contributed by atoms with van der Waals surface area (Å²) in [6.45, 7) is 4.38. The van der Waals surface area contributed by atoms with Crippen LogP contribution in [0.3, 0.4) is 0 Å². The Morgan fingerprint density at radius 2 is 1.53 bits per heavy atom. The molecule has 0 rings (SSSR count). The highest BCUT2D eigenvalue weighted by atomic mass is 19.4.